The first-order chi connectivity index (χ1) is 11.3. The van der Waals surface area contributed by atoms with Gasteiger partial charge >= 0.3 is 5.97 Å². The van der Waals surface area contributed by atoms with Crippen LogP contribution in [-0.4, -0.2) is 11.1 Å². The third kappa shape index (κ3) is 17.2. The molecule has 0 aromatic carbocycles. The van der Waals surface area contributed by atoms with Crippen LogP contribution in [0.15, 0.2) is 12.2 Å². The standard InChI is InChI=1S/C18H34O2/c1-2-3-4-5-6-7-8-9-10-11-12-13-14-15-16-17-18(19)20/h9-10H,2-8,11-17H2,1H3,(H,19,20)/b10-9+/i16D2,17D2. The van der Waals surface area contributed by atoms with Crippen LogP contribution < -0.4 is 0 Å². The monoisotopic (exact) mass is 286 g/mol. The van der Waals surface area contributed by atoms with Gasteiger partial charge < -0.3 is 5.11 Å². The SMILES string of the molecule is [2H]C([2H])(CCCCC/C=C/CCCCCCCC)C([2H])([2H])C(=O)O. The van der Waals surface area contributed by atoms with Crippen molar-refractivity contribution in [3.05, 3.63) is 12.2 Å². The summed E-state index contributed by atoms with van der Waals surface area (Å²) in [7, 11) is 0. The molecule has 2 nitrogen and oxygen atoms in total. The zero-order valence-electron chi connectivity index (χ0n) is 17.0. The predicted molar refractivity (Wildman–Crippen MR) is 87.1 cm³/mol. The van der Waals surface area contributed by atoms with Gasteiger partial charge in [-0.05, 0) is 32.1 Å². The zero-order chi connectivity index (χ0) is 18.5. The fourth-order valence-corrected chi connectivity index (χ4v) is 2.07. The normalized spacial score (nSPS) is 15.7. The quantitative estimate of drug-likeness (QED) is 0.291. The van der Waals surface area contributed by atoms with Gasteiger partial charge in [-0.3, -0.25) is 4.79 Å². The Balaban J connectivity index is 3.63. The first kappa shape index (κ1) is 12.9. The molecule has 0 spiro atoms. The van der Waals surface area contributed by atoms with E-state index in [1.165, 1.54) is 38.5 Å². The van der Waals surface area contributed by atoms with Crippen LogP contribution in [0.2, 0.25) is 0 Å². The molecule has 0 aromatic rings. The van der Waals surface area contributed by atoms with E-state index in [9.17, 15) is 4.79 Å². The lowest BCUT2D eigenvalue weighted by Crippen LogP contribution is -1.93. The van der Waals surface area contributed by atoms with Crippen molar-refractivity contribution >= 4 is 5.97 Å². The van der Waals surface area contributed by atoms with Crippen molar-refractivity contribution < 1.29 is 15.4 Å². The molecule has 0 fully saturated rings. The lowest BCUT2D eigenvalue weighted by molar-refractivity contribution is -0.137. The van der Waals surface area contributed by atoms with Gasteiger partial charge in [0.2, 0.25) is 0 Å². The highest BCUT2D eigenvalue weighted by molar-refractivity contribution is 5.66. The summed E-state index contributed by atoms with van der Waals surface area (Å²) in [6.07, 6.45) is 11.3. The smallest absolute Gasteiger partial charge is 0.303 e. The number of hydrogen-bond acceptors (Lipinski definition) is 1. The van der Waals surface area contributed by atoms with Gasteiger partial charge in [0.15, 0.2) is 0 Å². The van der Waals surface area contributed by atoms with E-state index >= 15 is 0 Å². The summed E-state index contributed by atoms with van der Waals surface area (Å²) in [5, 5.41) is 8.76. The maximum Gasteiger partial charge on any atom is 0.303 e. The van der Waals surface area contributed by atoms with Gasteiger partial charge in [0.25, 0.3) is 0 Å². The average molecular weight is 286 g/mol. The third-order valence-corrected chi connectivity index (χ3v) is 3.26. The Morgan fingerprint density at radius 1 is 0.900 bits per heavy atom. The second kappa shape index (κ2) is 16.3. The van der Waals surface area contributed by atoms with Crippen molar-refractivity contribution in [3.8, 4) is 0 Å². The van der Waals surface area contributed by atoms with Crippen LogP contribution in [-0.2, 0) is 4.79 Å². The maximum atomic E-state index is 10.8. The first-order valence-electron chi connectivity index (χ1n) is 10.1. The minimum absolute atomic E-state index is 0.0617. The van der Waals surface area contributed by atoms with Crippen LogP contribution in [0.4, 0.5) is 0 Å². The second-order valence-electron chi connectivity index (χ2n) is 5.23. The maximum absolute atomic E-state index is 10.8. The molecule has 0 saturated carbocycles. The number of carbonyl (C=O) groups is 1. The molecule has 0 atom stereocenters. The second-order valence-corrected chi connectivity index (χ2v) is 5.23. The van der Waals surface area contributed by atoms with Gasteiger partial charge in [-0.1, -0.05) is 70.4 Å². The minimum atomic E-state index is -2.83. The number of rotatable bonds is 15. The van der Waals surface area contributed by atoms with E-state index in [0.717, 1.165) is 25.7 Å². The number of carboxylic acid groups (broad SMARTS) is 1. The highest BCUT2D eigenvalue weighted by Crippen LogP contribution is 2.09. The summed E-state index contributed by atoms with van der Waals surface area (Å²) >= 11 is 0. The summed E-state index contributed by atoms with van der Waals surface area (Å²) in [4.78, 5) is 10.8. The summed E-state index contributed by atoms with van der Waals surface area (Å²) in [5.41, 5.74) is 0. The zero-order valence-corrected chi connectivity index (χ0v) is 13.0. The summed E-state index contributed by atoms with van der Waals surface area (Å²) in [6, 6.07) is 0. The van der Waals surface area contributed by atoms with Crippen molar-refractivity contribution in [1.82, 2.24) is 0 Å². The van der Waals surface area contributed by atoms with Crippen molar-refractivity contribution in [1.29, 1.82) is 0 Å². The molecule has 0 radical (unpaired) electrons. The number of aliphatic carboxylic acids is 1. The Morgan fingerprint density at radius 2 is 1.40 bits per heavy atom. The molecule has 0 amide bonds. The Bertz CT molecular complexity index is 368. The Labute approximate surface area is 131 Å². The van der Waals surface area contributed by atoms with E-state index in [1.54, 1.807) is 0 Å². The van der Waals surface area contributed by atoms with Crippen LogP contribution in [0.5, 0.6) is 0 Å². The van der Waals surface area contributed by atoms with Crippen LogP contribution >= 0.6 is 0 Å². The summed E-state index contributed by atoms with van der Waals surface area (Å²) in [6.45, 7) is 2.22. The first-order valence-corrected chi connectivity index (χ1v) is 8.14. The van der Waals surface area contributed by atoms with Crippen LogP contribution in [0.1, 0.15) is 102 Å². The molecule has 20 heavy (non-hydrogen) atoms. The Morgan fingerprint density at radius 3 is 1.95 bits per heavy atom. The summed E-state index contributed by atoms with van der Waals surface area (Å²) < 4.78 is 29.9. The van der Waals surface area contributed by atoms with Gasteiger partial charge in [-0.25, -0.2) is 0 Å². The molecule has 0 aromatic heterocycles. The molecule has 0 aliphatic heterocycles. The molecule has 0 unspecified atom stereocenters. The van der Waals surface area contributed by atoms with Gasteiger partial charge in [0.1, 0.15) is 0 Å². The molecule has 2 heteroatoms. The molecule has 0 rings (SSSR count). The van der Waals surface area contributed by atoms with Gasteiger partial charge in [0.05, 0.1) is 0 Å². The average Bonchev–Trinajstić information content (AvgIpc) is 2.51. The largest absolute Gasteiger partial charge is 0.481 e. The molecule has 0 bridgehead atoms. The van der Waals surface area contributed by atoms with Crippen molar-refractivity contribution in [2.45, 2.75) is 96.7 Å². The van der Waals surface area contributed by atoms with Crippen LogP contribution in [0.25, 0.3) is 0 Å². The highest BCUT2D eigenvalue weighted by Gasteiger charge is 1.95. The van der Waals surface area contributed by atoms with E-state index in [4.69, 9.17) is 10.6 Å². The number of unbranched alkanes of at least 4 members (excludes halogenated alkanes) is 9. The van der Waals surface area contributed by atoms with E-state index in [0.29, 0.717) is 6.42 Å². The molecule has 118 valence electrons. The lowest BCUT2D eigenvalue weighted by atomic mass is 10.1. The summed E-state index contributed by atoms with van der Waals surface area (Å²) in [5.74, 6) is -1.73. The molecular formula is C18H34O2. The van der Waals surface area contributed by atoms with E-state index < -0.39 is 18.7 Å². The third-order valence-electron chi connectivity index (χ3n) is 3.26. The van der Waals surface area contributed by atoms with E-state index in [1.807, 2.05) is 0 Å². The molecular weight excluding hydrogens is 248 g/mol. The minimum Gasteiger partial charge on any atom is -0.481 e. The molecule has 0 aliphatic carbocycles. The Hall–Kier alpha value is -0.790. The fraction of sp³-hybridized carbons (Fsp3) is 0.833. The van der Waals surface area contributed by atoms with Crippen molar-refractivity contribution in [2.24, 2.45) is 0 Å². The van der Waals surface area contributed by atoms with Gasteiger partial charge in [-0.15, -0.1) is 0 Å². The number of hydrogen-bond donors (Lipinski definition) is 1. The van der Waals surface area contributed by atoms with Gasteiger partial charge in [0, 0.05) is 11.9 Å². The van der Waals surface area contributed by atoms with E-state index in [2.05, 4.69) is 19.1 Å². The number of allylic oxidation sites excluding steroid dienone is 2. The van der Waals surface area contributed by atoms with Crippen molar-refractivity contribution in [3.63, 3.8) is 0 Å². The van der Waals surface area contributed by atoms with Crippen LogP contribution in [0, 0.1) is 0 Å². The fourth-order valence-electron chi connectivity index (χ4n) is 2.07. The predicted octanol–water partition coefficient (Wildman–Crippen LogP) is 6.11. The molecule has 1 N–H and O–H groups in total. The molecule has 0 aliphatic rings. The van der Waals surface area contributed by atoms with Crippen molar-refractivity contribution in [2.75, 3.05) is 0 Å². The topological polar surface area (TPSA) is 37.3 Å². The van der Waals surface area contributed by atoms with Gasteiger partial charge in [-0.2, -0.15) is 0 Å². The molecule has 0 saturated heterocycles. The number of carboxylic acids is 1. The van der Waals surface area contributed by atoms with E-state index in [-0.39, 0.29) is 6.42 Å². The van der Waals surface area contributed by atoms with Crippen LogP contribution in [0.3, 0.4) is 0 Å². The lowest BCUT2D eigenvalue weighted by Gasteiger charge is -1.99. The highest BCUT2D eigenvalue weighted by atomic mass is 16.4. The molecule has 0 heterocycles. The Kier molecular flexibility index (Phi) is 10.5.